The van der Waals surface area contributed by atoms with E-state index in [1.165, 1.54) is 6.07 Å². The van der Waals surface area contributed by atoms with Crippen molar-refractivity contribution in [2.24, 2.45) is 0 Å². The van der Waals surface area contributed by atoms with E-state index in [0.29, 0.717) is 5.39 Å². The number of hydrogen-bond donors (Lipinski definition) is 1. The highest BCUT2D eigenvalue weighted by atomic mass is 16.1. The monoisotopic (exact) mass is 184 g/mol. The fraction of sp³-hybridized carbons (Fsp3) is 0.0909. The first-order chi connectivity index (χ1) is 6.83. The molecule has 14 heavy (non-hydrogen) atoms. The Hall–Kier alpha value is -2.08. The van der Waals surface area contributed by atoms with Crippen LogP contribution < -0.4 is 5.43 Å². The van der Waals surface area contributed by atoms with Crippen molar-refractivity contribution in [3.05, 3.63) is 46.2 Å². The summed E-state index contributed by atoms with van der Waals surface area (Å²) in [5, 5.41) is 9.23. The van der Waals surface area contributed by atoms with E-state index in [0.717, 1.165) is 11.1 Å². The summed E-state index contributed by atoms with van der Waals surface area (Å²) in [5.41, 5.74) is 1.53. The van der Waals surface area contributed by atoms with Crippen LogP contribution in [-0.4, -0.2) is 4.98 Å². The van der Waals surface area contributed by atoms with Crippen molar-refractivity contribution in [1.29, 1.82) is 5.26 Å². The highest BCUT2D eigenvalue weighted by Gasteiger charge is 2.03. The van der Waals surface area contributed by atoms with Crippen LogP contribution in [-0.2, 0) is 6.42 Å². The standard InChI is InChI=1S/C11H8N2O/c12-6-4-8-2-1-3-9-11(8)10(14)5-7-13-9/h1-3,5,7H,4H2,(H,13,14). The molecule has 0 unspecified atom stereocenters. The smallest absolute Gasteiger partial charge is 0.189 e. The molecular weight excluding hydrogens is 176 g/mol. The van der Waals surface area contributed by atoms with Crippen LogP contribution in [0.5, 0.6) is 0 Å². The minimum atomic E-state index is -0.0374. The zero-order valence-corrected chi connectivity index (χ0v) is 7.45. The molecule has 1 N–H and O–H groups in total. The molecule has 2 aromatic rings. The number of aromatic nitrogens is 1. The molecule has 3 nitrogen and oxygen atoms in total. The first-order valence-corrected chi connectivity index (χ1v) is 4.29. The van der Waals surface area contributed by atoms with Gasteiger partial charge >= 0.3 is 0 Å². The fourth-order valence-corrected chi connectivity index (χ4v) is 1.53. The predicted octanol–water partition coefficient (Wildman–Crippen LogP) is 1.59. The number of aromatic amines is 1. The van der Waals surface area contributed by atoms with Crippen LogP contribution in [0.15, 0.2) is 35.3 Å². The minimum Gasteiger partial charge on any atom is -0.361 e. The van der Waals surface area contributed by atoms with Crippen LogP contribution >= 0.6 is 0 Å². The molecular formula is C11H8N2O. The van der Waals surface area contributed by atoms with Gasteiger partial charge in [0.2, 0.25) is 0 Å². The molecule has 0 atom stereocenters. The Kier molecular flexibility index (Phi) is 2.04. The maximum atomic E-state index is 11.5. The number of nitrogens with zero attached hydrogens (tertiary/aromatic N) is 1. The molecule has 0 radical (unpaired) electrons. The third kappa shape index (κ3) is 1.27. The van der Waals surface area contributed by atoms with Gasteiger partial charge in [-0.1, -0.05) is 12.1 Å². The molecule has 0 saturated carbocycles. The van der Waals surface area contributed by atoms with E-state index in [-0.39, 0.29) is 11.8 Å². The average Bonchev–Trinajstić information content (AvgIpc) is 2.19. The molecule has 1 heterocycles. The van der Waals surface area contributed by atoms with Gasteiger partial charge in [-0.25, -0.2) is 0 Å². The zero-order chi connectivity index (χ0) is 9.97. The SMILES string of the molecule is N#CCc1cccc2[nH]ccc(=O)c12. The summed E-state index contributed by atoms with van der Waals surface area (Å²) in [7, 11) is 0. The molecule has 68 valence electrons. The molecule has 0 saturated heterocycles. The molecule has 1 aromatic carbocycles. The summed E-state index contributed by atoms with van der Waals surface area (Å²) in [6.07, 6.45) is 1.88. The summed E-state index contributed by atoms with van der Waals surface area (Å²) in [6.45, 7) is 0. The third-order valence-corrected chi connectivity index (χ3v) is 2.14. The number of hydrogen-bond acceptors (Lipinski definition) is 2. The normalized spacial score (nSPS) is 9.93. The molecule has 1 aromatic heterocycles. The second-order valence-corrected chi connectivity index (χ2v) is 3.02. The van der Waals surface area contributed by atoms with E-state index in [2.05, 4.69) is 11.1 Å². The highest BCUT2D eigenvalue weighted by Crippen LogP contribution is 2.12. The van der Waals surface area contributed by atoms with Gasteiger partial charge in [-0.2, -0.15) is 5.26 Å². The number of nitriles is 1. The number of benzene rings is 1. The van der Waals surface area contributed by atoms with E-state index in [1.54, 1.807) is 12.3 Å². The van der Waals surface area contributed by atoms with Gasteiger partial charge in [-0.15, -0.1) is 0 Å². The Bertz CT molecular complexity index is 558. The van der Waals surface area contributed by atoms with Gasteiger partial charge in [-0.05, 0) is 11.6 Å². The molecule has 0 spiro atoms. The first kappa shape index (κ1) is 8.52. The van der Waals surface area contributed by atoms with Gasteiger partial charge in [0.1, 0.15) is 0 Å². The molecule has 0 aliphatic carbocycles. The Morgan fingerprint density at radius 1 is 1.36 bits per heavy atom. The number of nitrogens with one attached hydrogen (secondary N) is 1. The molecule has 0 amide bonds. The second-order valence-electron chi connectivity index (χ2n) is 3.02. The number of rotatable bonds is 1. The van der Waals surface area contributed by atoms with Crippen molar-refractivity contribution in [3.63, 3.8) is 0 Å². The first-order valence-electron chi connectivity index (χ1n) is 4.29. The molecule has 3 heteroatoms. The number of fused-ring (bicyclic) bond motifs is 1. The summed E-state index contributed by atoms with van der Waals surface area (Å²) >= 11 is 0. The Balaban J connectivity index is 2.86. The van der Waals surface area contributed by atoms with E-state index in [1.807, 2.05) is 12.1 Å². The Morgan fingerprint density at radius 3 is 3.00 bits per heavy atom. The lowest BCUT2D eigenvalue weighted by atomic mass is 10.1. The van der Waals surface area contributed by atoms with Crippen LogP contribution in [0.3, 0.4) is 0 Å². The lowest BCUT2D eigenvalue weighted by Gasteiger charge is -2.00. The summed E-state index contributed by atoms with van der Waals surface area (Å²) in [6, 6.07) is 9.00. The van der Waals surface area contributed by atoms with Crippen molar-refractivity contribution in [1.82, 2.24) is 4.98 Å². The largest absolute Gasteiger partial charge is 0.361 e. The van der Waals surface area contributed by atoms with Gasteiger partial charge in [0.15, 0.2) is 5.43 Å². The lowest BCUT2D eigenvalue weighted by molar-refractivity contribution is 1.27. The second kappa shape index (κ2) is 3.35. The van der Waals surface area contributed by atoms with Crippen molar-refractivity contribution >= 4 is 10.9 Å². The maximum absolute atomic E-state index is 11.5. The zero-order valence-electron chi connectivity index (χ0n) is 7.45. The van der Waals surface area contributed by atoms with E-state index in [4.69, 9.17) is 5.26 Å². The van der Waals surface area contributed by atoms with E-state index < -0.39 is 0 Å². The summed E-state index contributed by atoms with van der Waals surface area (Å²) in [4.78, 5) is 14.5. The molecule has 0 aliphatic heterocycles. The topological polar surface area (TPSA) is 56.6 Å². The number of H-pyrrole nitrogens is 1. The van der Waals surface area contributed by atoms with Gasteiger partial charge in [0.25, 0.3) is 0 Å². The van der Waals surface area contributed by atoms with Gasteiger partial charge in [-0.3, -0.25) is 4.79 Å². The van der Waals surface area contributed by atoms with Crippen LogP contribution in [0.1, 0.15) is 5.56 Å². The molecule has 0 bridgehead atoms. The lowest BCUT2D eigenvalue weighted by Crippen LogP contribution is -2.03. The van der Waals surface area contributed by atoms with Crippen molar-refractivity contribution in [2.75, 3.05) is 0 Å². The van der Waals surface area contributed by atoms with Crippen molar-refractivity contribution < 1.29 is 0 Å². The molecule has 0 aliphatic rings. The highest BCUT2D eigenvalue weighted by molar-refractivity contribution is 5.81. The third-order valence-electron chi connectivity index (χ3n) is 2.14. The van der Waals surface area contributed by atoms with Gasteiger partial charge in [0, 0.05) is 23.2 Å². The quantitative estimate of drug-likeness (QED) is 0.731. The Morgan fingerprint density at radius 2 is 2.21 bits per heavy atom. The maximum Gasteiger partial charge on any atom is 0.189 e. The van der Waals surface area contributed by atoms with E-state index >= 15 is 0 Å². The van der Waals surface area contributed by atoms with Crippen molar-refractivity contribution in [2.45, 2.75) is 6.42 Å². The van der Waals surface area contributed by atoms with Crippen LogP contribution in [0.25, 0.3) is 10.9 Å². The summed E-state index contributed by atoms with van der Waals surface area (Å²) in [5.74, 6) is 0. The predicted molar refractivity (Wildman–Crippen MR) is 53.9 cm³/mol. The molecule has 2 rings (SSSR count). The van der Waals surface area contributed by atoms with Crippen LogP contribution in [0.4, 0.5) is 0 Å². The summed E-state index contributed by atoms with van der Waals surface area (Å²) < 4.78 is 0. The van der Waals surface area contributed by atoms with Gasteiger partial charge < -0.3 is 4.98 Å². The van der Waals surface area contributed by atoms with Crippen LogP contribution in [0, 0.1) is 11.3 Å². The Labute approximate surface area is 80.6 Å². The van der Waals surface area contributed by atoms with Crippen LogP contribution in [0.2, 0.25) is 0 Å². The minimum absolute atomic E-state index is 0.0374. The molecule has 0 fully saturated rings. The fourth-order valence-electron chi connectivity index (χ4n) is 1.53. The van der Waals surface area contributed by atoms with Gasteiger partial charge in [0.05, 0.1) is 12.5 Å². The van der Waals surface area contributed by atoms with E-state index in [9.17, 15) is 4.79 Å². The number of pyridine rings is 1. The average molecular weight is 184 g/mol. The van der Waals surface area contributed by atoms with Crippen molar-refractivity contribution in [3.8, 4) is 6.07 Å².